The van der Waals surface area contributed by atoms with Gasteiger partial charge in [0.25, 0.3) is 0 Å². The first-order valence-electron chi connectivity index (χ1n) is 9.52. The number of anilines is 1. The molecule has 1 aromatic carbocycles. The van der Waals surface area contributed by atoms with E-state index >= 15 is 0 Å². The Balaban J connectivity index is 1.51. The summed E-state index contributed by atoms with van der Waals surface area (Å²) in [6, 6.07) is 7.74. The second-order valence-electron chi connectivity index (χ2n) is 8.06. The van der Waals surface area contributed by atoms with Gasteiger partial charge in [-0.3, -0.25) is 4.79 Å². The van der Waals surface area contributed by atoms with Crippen LogP contribution in [-0.4, -0.2) is 40.6 Å². The molecule has 1 fully saturated rings. The molecule has 1 N–H and O–H groups in total. The van der Waals surface area contributed by atoms with Crippen LogP contribution in [-0.2, 0) is 9.53 Å². The summed E-state index contributed by atoms with van der Waals surface area (Å²) in [4.78, 5) is 30.9. The lowest BCUT2D eigenvalue weighted by atomic mass is 9.96. The number of ether oxygens (including phenoxy) is 1. The molecule has 28 heavy (non-hydrogen) atoms. The molecule has 1 aliphatic rings. The van der Waals surface area contributed by atoms with Gasteiger partial charge in [-0.25, -0.2) is 9.78 Å². The molecule has 0 aliphatic carbocycles. The molecule has 2 amide bonds. The number of carbonyl (C=O) groups excluding carboxylic acids is 2. The summed E-state index contributed by atoms with van der Waals surface area (Å²) in [6.07, 6.45) is 0.974. The van der Waals surface area contributed by atoms with Crippen LogP contribution in [0.25, 0.3) is 11.3 Å². The van der Waals surface area contributed by atoms with E-state index in [0.717, 1.165) is 22.0 Å². The van der Waals surface area contributed by atoms with Crippen molar-refractivity contribution in [3.63, 3.8) is 0 Å². The van der Waals surface area contributed by atoms with Crippen molar-refractivity contribution in [2.45, 2.75) is 46.1 Å². The minimum absolute atomic E-state index is 0.00101. The first-order valence-corrected chi connectivity index (χ1v) is 10.4. The Morgan fingerprint density at radius 3 is 2.36 bits per heavy atom. The topological polar surface area (TPSA) is 71.5 Å². The van der Waals surface area contributed by atoms with E-state index < -0.39 is 5.60 Å². The standard InChI is InChI=1S/C21H27N3O3S/c1-14-22-18(13-28-14)15-5-7-17(8-6-15)23-19(25)16-9-11-24(12-10-16)20(26)27-21(2,3)4/h5-8,13,16H,9-12H2,1-4H3,(H,23,25). The van der Waals surface area contributed by atoms with Crippen molar-refractivity contribution in [2.75, 3.05) is 18.4 Å². The van der Waals surface area contributed by atoms with E-state index in [0.29, 0.717) is 25.9 Å². The molecule has 0 unspecified atom stereocenters. The normalized spacial score (nSPS) is 15.4. The Morgan fingerprint density at radius 2 is 1.82 bits per heavy atom. The summed E-state index contributed by atoms with van der Waals surface area (Å²) >= 11 is 1.62. The van der Waals surface area contributed by atoms with E-state index in [1.54, 1.807) is 16.2 Å². The molecule has 7 heteroatoms. The zero-order valence-electron chi connectivity index (χ0n) is 16.8. The molecular weight excluding hydrogens is 374 g/mol. The molecular formula is C21H27N3O3S. The number of nitrogens with one attached hydrogen (secondary N) is 1. The van der Waals surface area contributed by atoms with Gasteiger partial charge in [-0.05, 0) is 52.7 Å². The Labute approximate surface area is 169 Å². The molecule has 0 saturated carbocycles. The van der Waals surface area contributed by atoms with E-state index in [9.17, 15) is 9.59 Å². The van der Waals surface area contributed by atoms with Gasteiger partial charge in [0.1, 0.15) is 5.60 Å². The predicted octanol–water partition coefficient (Wildman–Crippen LogP) is 4.70. The number of aromatic nitrogens is 1. The molecule has 2 aromatic rings. The van der Waals surface area contributed by atoms with Crippen molar-refractivity contribution < 1.29 is 14.3 Å². The summed E-state index contributed by atoms with van der Waals surface area (Å²) in [6.45, 7) is 8.62. The lowest BCUT2D eigenvalue weighted by molar-refractivity contribution is -0.121. The number of carbonyl (C=O) groups is 2. The zero-order chi connectivity index (χ0) is 20.3. The number of likely N-dealkylation sites (tertiary alicyclic amines) is 1. The maximum absolute atomic E-state index is 12.6. The SMILES string of the molecule is Cc1nc(-c2ccc(NC(=O)C3CCN(C(=O)OC(C)(C)C)CC3)cc2)cs1. The maximum Gasteiger partial charge on any atom is 0.410 e. The first-order chi connectivity index (χ1) is 13.2. The van der Waals surface area contributed by atoms with Crippen molar-refractivity contribution in [2.24, 2.45) is 5.92 Å². The minimum atomic E-state index is -0.505. The van der Waals surface area contributed by atoms with Crippen molar-refractivity contribution in [3.05, 3.63) is 34.7 Å². The van der Waals surface area contributed by atoms with Gasteiger partial charge in [-0.15, -0.1) is 11.3 Å². The molecule has 150 valence electrons. The largest absolute Gasteiger partial charge is 0.444 e. The molecule has 6 nitrogen and oxygen atoms in total. The molecule has 1 aliphatic heterocycles. The van der Waals surface area contributed by atoms with Gasteiger partial charge in [-0.1, -0.05) is 12.1 Å². The first kappa shape index (κ1) is 20.3. The van der Waals surface area contributed by atoms with Crippen molar-refractivity contribution in [1.29, 1.82) is 0 Å². The number of nitrogens with zero attached hydrogens (tertiary/aromatic N) is 2. The fourth-order valence-corrected chi connectivity index (χ4v) is 3.74. The van der Waals surface area contributed by atoms with E-state index in [2.05, 4.69) is 10.3 Å². The Kier molecular flexibility index (Phi) is 6.03. The van der Waals surface area contributed by atoms with Crippen molar-refractivity contribution in [1.82, 2.24) is 9.88 Å². The number of thiazole rings is 1. The van der Waals surface area contributed by atoms with Crippen LogP contribution in [0, 0.1) is 12.8 Å². The highest BCUT2D eigenvalue weighted by Crippen LogP contribution is 2.25. The quantitative estimate of drug-likeness (QED) is 0.809. The molecule has 0 spiro atoms. The predicted molar refractivity (Wildman–Crippen MR) is 111 cm³/mol. The second-order valence-corrected chi connectivity index (χ2v) is 9.12. The van der Waals surface area contributed by atoms with Crippen LogP contribution >= 0.6 is 11.3 Å². The molecule has 1 saturated heterocycles. The molecule has 3 rings (SSSR count). The highest BCUT2D eigenvalue weighted by molar-refractivity contribution is 7.09. The number of amides is 2. The van der Waals surface area contributed by atoms with Gasteiger partial charge in [-0.2, -0.15) is 0 Å². The number of hydrogen-bond acceptors (Lipinski definition) is 5. The van der Waals surface area contributed by atoms with Gasteiger partial charge < -0.3 is 15.0 Å². The summed E-state index contributed by atoms with van der Waals surface area (Å²) in [5.41, 5.74) is 2.26. The summed E-state index contributed by atoms with van der Waals surface area (Å²) in [5, 5.41) is 6.05. The smallest absolute Gasteiger partial charge is 0.410 e. The van der Waals surface area contributed by atoms with Crippen LogP contribution in [0.5, 0.6) is 0 Å². The third kappa shape index (κ3) is 5.32. The van der Waals surface area contributed by atoms with Gasteiger partial charge in [0, 0.05) is 35.6 Å². The third-order valence-electron chi connectivity index (χ3n) is 4.58. The maximum atomic E-state index is 12.6. The molecule has 1 aromatic heterocycles. The van der Waals surface area contributed by atoms with E-state index in [4.69, 9.17) is 4.74 Å². The third-order valence-corrected chi connectivity index (χ3v) is 5.36. The van der Waals surface area contributed by atoms with Crippen LogP contribution in [0.15, 0.2) is 29.6 Å². The Bertz CT molecular complexity index is 831. The summed E-state index contributed by atoms with van der Waals surface area (Å²) in [5.74, 6) is -0.0966. The molecule has 0 radical (unpaired) electrons. The van der Waals surface area contributed by atoms with Crippen molar-refractivity contribution in [3.8, 4) is 11.3 Å². The second kappa shape index (κ2) is 8.31. The van der Waals surface area contributed by atoms with Crippen LogP contribution in [0.1, 0.15) is 38.6 Å². The average molecular weight is 402 g/mol. The number of aryl methyl sites for hydroxylation is 1. The number of hydrogen-bond donors (Lipinski definition) is 1. The number of rotatable bonds is 3. The van der Waals surface area contributed by atoms with Gasteiger partial charge in [0.15, 0.2) is 0 Å². The van der Waals surface area contributed by atoms with E-state index in [-0.39, 0.29) is 17.9 Å². The van der Waals surface area contributed by atoms with Gasteiger partial charge in [0.2, 0.25) is 5.91 Å². The van der Waals surface area contributed by atoms with Crippen molar-refractivity contribution >= 4 is 29.0 Å². The van der Waals surface area contributed by atoms with Crippen LogP contribution in [0.3, 0.4) is 0 Å². The molecule has 2 heterocycles. The highest BCUT2D eigenvalue weighted by atomic mass is 32.1. The molecule has 0 bridgehead atoms. The van der Waals surface area contributed by atoms with Gasteiger partial charge >= 0.3 is 6.09 Å². The Hall–Kier alpha value is -2.41. The van der Waals surface area contributed by atoms with Crippen LogP contribution in [0.2, 0.25) is 0 Å². The van der Waals surface area contributed by atoms with Crippen LogP contribution in [0.4, 0.5) is 10.5 Å². The average Bonchev–Trinajstić information content (AvgIpc) is 3.07. The summed E-state index contributed by atoms with van der Waals surface area (Å²) < 4.78 is 5.40. The lowest BCUT2D eigenvalue weighted by Crippen LogP contribution is -2.43. The monoisotopic (exact) mass is 401 g/mol. The fraction of sp³-hybridized carbons (Fsp3) is 0.476. The van der Waals surface area contributed by atoms with Crippen LogP contribution < -0.4 is 5.32 Å². The zero-order valence-corrected chi connectivity index (χ0v) is 17.6. The van der Waals surface area contributed by atoms with Gasteiger partial charge in [0.05, 0.1) is 10.7 Å². The summed E-state index contributed by atoms with van der Waals surface area (Å²) in [7, 11) is 0. The minimum Gasteiger partial charge on any atom is -0.444 e. The highest BCUT2D eigenvalue weighted by Gasteiger charge is 2.29. The Morgan fingerprint density at radius 1 is 1.18 bits per heavy atom. The van der Waals surface area contributed by atoms with E-state index in [1.807, 2.05) is 57.3 Å². The number of benzene rings is 1. The number of piperidine rings is 1. The lowest BCUT2D eigenvalue weighted by Gasteiger charge is -2.32. The fourth-order valence-electron chi connectivity index (χ4n) is 3.12. The van der Waals surface area contributed by atoms with E-state index in [1.165, 1.54) is 0 Å². The molecule has 0 atom stereocenters.